The lowest BCUT2D eigenvalue weighted by atomic mass is 9.94. The summed E-state index contributed by atoms with van der Waals surface area (Å²) in [4.78, 5) is 6.80. The molecule has 1 unspecified atom stereocenters. The Hall–Kier alpha value is -3.84. The highest BCUT2D eigenvalue weighted by Gasteiger charge is 2.35. The minimum atomic E-state index is -0.366. The van der Waals surface area contributed by atoms with Gasteiger partial charge >= 0.3 is 0 Å². The molecule has 1 atom stereocenters. The molecule has 0 saturated heterocycles. The van der Waals surface area contributed by atoms with Crippen molar-refractivity contribution in [2.45, 2.75) is 39.2 Å². The first kappa shape index (κ1) is 22.6. The number of benzene rings is 3. The van der Waals surface area contributed by atoms with Gasteiger partial charge in [0.1, 0.15) is 5.82 Å². The van der Waals surface area contributed by atoms with Gasteiger partial charge in [-0.2, -0.15) is 4.98 Å². The number of halogens is 1. The molecule has 6 rings (SSSR count). The van der Waals surface area contributed by atoms with E-state index in [4.69, 9.17) is 21.7 Å². The van der Waals surface area contributed by atoms with Gasteiger partial charge in [-0.1, -0.05) is 53.2 Å². The molecule has 1 aliphatic carbocycles. The van der Waals surface area contributed by atoms with E-state index in [2.05, 4.69) is 28.7 Å². The quantitative estimate of drug-likeness (QED) is 0.324. The Morgan fingerprint density at radius 1 is 0.972 bits per heavy atom. The van der Waals surface area contributed by atoms with Crippen molar-refractivity contribution in [3.63, 3.8) is 0 Å². The Balaban J connectivity index is 1.48. The molecule has 1 N–H and O–H groups in total. The number of nitrogens with zero attached hydrogens (tertiary/aromatic N) is 3. The van der Waals surface area contributed by atoms with Gasteiger partial charge in [0, 0.05) is 16.9 Å². The predicted octanol–water partition coefficient (Wildman–Crippen LogP) is 6.54. The van der Waals surface area contributed by atoms with E-state index in [0.717, 1.165) is 46.5 Å². The van der Waals surface area contributed by atoms with Crippen molar-refractivity contribution in [1.29, 1.82) is 0 Å². The summed E-state index contributed by atoms with van der Waals surface area (Å²) in [5.74, 6) is 0.623. The summed E-state index contributed by atoms with van der Waals surface area (Å²) in [5, 5.41) is 8.30. The maximum atomic E-state index is 13.7. The smallest absolute Gasteiger partial charge is 0.258 e. The molecule has 0 radical (unpaired) electrons. The third kappa shape index (κ3) is 3.99. The normalized spacial score (nSPS) is 17.4. The van der Waals surface area contributed by atoms with Gasteiger partial charge in [0.15, 0.2) is 5.11 Å². The molecule has 2 heterocycles. The van der Waals surface area contributed by atoms with E-state index in [1.807, 2.05) is 43.0 Å². The Labute approximate surface area is 214 Å². The van der Waals surface area contributed by atoms with Crippen molar-refractivity contribution in [1.82, 2.24) is 15.5 Å². The minimum absolute atomic E-state index is 0.293. The number of nitrogens with one attached hydrogen (secondary N) is 1. The van der Waals surface area contributed by atoms with Gasteiger partial charge in [0.25, 0.3) is 5.89 Å². The topological polar surface area (TPSA) is 54.2 Å². The van der Waals surface area contributed by atoms with Crippen LogP contribution in [0.25, 0.3) is 17.0 Å². The van der Waals surface area contributed by atoms with Crippen LogP contribution in [0.2, 0.25) is 0 Å². The van der Waals surface area contributed by atoms with Crippen LogP contribution in [0.3, 0.4) is 0 Å². The Morgan fingerprint density at radius 2 is 1.72 bits per heavy atom. The summed E-state index contributed by atoms with van der Waals surface area (Å²) in [6, 6.07) is 20.6. The Morgan fingerprint density at radius 3 is 2.50 bits per heavy atom. The van der Waals surface area contributed by atoms with Crippen LogP contribution in [0.1, 0.15) is 47.5 Å². The van der Waals surface area contributed by atoms with Crippen LogP contribution in [-0.4, -0.2) is 15.3 Å². The van der Waals surface area contributed by atoms with Crippen LogP contribution in [-0.2, 0) is 12.8 Å². The molecule has 7 heteroatoms. The first-order chi connectivity index (χ1) is 17.5. The van der Waals surface area contributed by atoms with Crippen molar-refractivity contribution in [2.24, 2.45) is 0 Å². The molecule has 0 spiro atoms. The first-order valence-electron chi connectivity index (χ1n) is 12.1. The number of fused-ring (bicyclic) bond motifs is 1. The zero-order valence-corrected chi connectivity index (χ0v) is 20.9. The fraction of sp³-hybridized carbons (Fsp3) is 0.207. The minimum Gasteiger partial charge on any atom is -0.351 e. The molecule has 0 bridgehead atoms. The summed E-state index contributed by atoms with van der Waals surface area (Å²) < 4.78 is 19.6. The fourth-order valence-electron chi connectivity index (χ4n) is 5.09. The molecule has 0 fully saturated rings. The number of anilines is 1. The van der Waals surface area contributed by atoms with E-state index in [-0.39, 0.29) is 11.9 Å². The second-order valence-corrected chi connectivity index (χ2v) is 9.75. The number of thiocarbonyl (C=S) groups is 1. The van der Waals surface area contributed by atoms with Gasteiger partial charge in [-0.05, 0) is 86.3 Å². The monoisotopic (exact) mass is 496 g/mol. The SMILES string of the molecule is CC1=C(c2nc(-c3ccc(C)cc3)no2)C(c2ccc(F)cc2)NC(=S)N1c1ccc2c(c1)CCC2. The van der Waals surface area contributed by atoms with Gasteiger partial charge in [-0.3, -0.25) is 4.90 Å². The highest BCUT2D eigenvalue weighted by molar-refractivity contribution is 7.80. The summed E-state index contributed by atoms with van der Waals surface area (Å²) in [5.41, 5.74) is 8.36. The van der Waals surface area contributed by atoms with Crippen molar-refractivity contribution in [2.75, 3.05) is 4.90 Å². The van der Waals surface area contributed by atoms with Gasteiger partial charge in [-0.15, -0.1) is 0 Å². The zero-order valence-electron chi connectivity index (χ0n) is 20.1. The summed E-state index contributed by atoms with van der Waals surface area (Å²) in [6.07, 6.45) is 3.38. The van der Waals surface area contributed by atoms with Crippen molar-refractivity contribution < 1.29 is 8.91 Å². The van der Waals surface area contributed by atoms with Crippen LogP contribution in [0.5, 0.6) is 0 Å². The molecule has 5 nitrogen and oxygen atoms in total. The van der Waals surface area contributed by atoms with Crippen LogP contribution >= 0.6 is 12.2 Å². The Kier molecular flexibility index (Phi) is 5.64. The van der Waals surface area contributed by atoms with E-state index in [1.165, 1.54) is 29.7 Å². The van der Waals surface area contributed by atoms with Gasteiger partial charge in [0.05, 0.1) is 11.6 Å². The lowest BCUT2D eigenvalue weighted by molar-refractivity contribution is 0.404. The van der Waals surface area contributed by atoms with E-state index in [1.54, 1.807) is 12.1 Å². The number of rotatable bonds is 4. The molecular formula is C29H25FN4OS. The van der Waals surface area contributed by atoms with Crippen LogP contribution < -0.4 is 10.2 Å². The molecule has 4 aromatic rings. The molecular weight excluding hydrogens is 471 g/mol. The van der Waals surface area contributed by atoms with E-state index in [9.17, 15) is 4.39 Å². The van der Waals surface area contributed by atoms with Gasteiger partial charge < -0.3 is 9.84 Å². The molecule has 0 amide bonds. The number of aryl methyl sites for hydroxylation is 3. The standard InChI is InChI=1S/C29H25FN4OS/c1-17-6-8-21(9-7-17)27-32-28(35-33-27)25-18(2)34(24-15-12-19-4-3-5-22(19)16-24)29(36)31-26(25)20-10-13-23(30)14-11-20/h6-16,26H,3-5H2,1-2H3,(H,31,36). The highest BCUT2D eigenvalue weighted by atomic mass is 32.1. The number of hydrogen-bond acceptors (Lipinski definition) is 4. The summed E-state index contributed by atoms with van der Waals surface area (Å²) in [7, 11) is 0. The molecule has 1 aliphatic heterocycles. The van der Waals surface area contributed by atoms with Crippen molar-refractivity contribution in [3.8, 4) is 11.4 Å². The average Bonchev–Trinajstić information content (AvgIpc) is 3.54. The summed E-state index contributed by atoms with van der Waals surface area (Å²) in [6.45, 7) is 4.05. The number of aromatic nitrogens is 2. The van der Waals surface area contributed by atoms with E-state index in [0.29, 0.717) is 16.8 Å². The molecule has 0 saturated carbocycles. The maximum absolute atomic E-state index is 13.7. The third-order valence-electron chi connectivity index (χ3n) is 6.99. The van der Waals surface area contributed by atoms with E-state index < -0.39 is 0 Å². The second kappa shape index (κ2) is 8.99. The van der Waals surface area contributed by atoms with Gasteiger partial charge in [0.2, 0.25) is 5.82 Å². The first-order valence-corrected chi connectivity index (χ1v) is 12.5. The van der Waals surface area contributed by atoms with Crippen LogP contribution in [0, 0.1) is 12.7 Å². The van der Waals surface area contributed by atoms with Crippen LogP contribution in [0.4, 0.5) is 10.1 Å². The zero-order chi connectivity index (χ0) is 24.8. The molecule has 2 aliphatic rings. The lowest BCUT2D eigenvalue weighted by Gasteiger charge is -2.37. The van der Waals surface area contributed by atoms with Crippen molar-refractivity contribution >= 4 is 28.6 Å². The number of allylic oxidation sites excluding steroid dienone is 1. The molecule has 36 heavy (non-hydrogen) atoms. The second-order valence-electron chi connectivity index (χ2n) is 9.36. The van der Waals surface area contributed by atoms with E-state index >= 15 is 0 Å². The van der Waals surface area contributed by atoms with Crippen molar-refractivity contribution in [3.05, 3.63) is 106 Å². The number of hydrogen-bond donors (Lipinski definition) is 1. The lowest BCUT2D eigenvalue weighted by Crippen LogP contribution is -2.46. The average molecular weight is 497 g/mol. The summed E-state index contributed by atoms with van der Waals surface area (Å²) >= 11 is 5.85. The Bertz CT molecular complexity index is 1490. The maximum Gasteiger partial charge on any atom is 0.258 e. The van der Waals surface area contributed by atoms with Crippen LogP contribution in [0.15, 0.2) is 77.0 Å². The molecule has 180 valence electrons. The molecule has 3 aromatic carbocycles. The third-order valence-corrected chi connectivity index (χ3v) is 7.30. The molecule has 1 aromatic heterocycles. The fourth-order valence-corrected chi connectivity index (χ4v) is 5.45. The predicted molar refractivity (Wildman–Crippen MR) is 143 cm³/mol. The van der Waals surface area contributed by atoms with Gasteiger partial charge in [-0.25, -0.2) is 4.39 Å². The highest BCUT2D eigenvalue weighted by Crippen LogP contribution is 2.40. The largest absolute Gasteiger partial charge is 0.351 e.